The fraction of sp³-hybridized carbons (Fsp3) is 0.787. The Hall–Kier alpha value is -2.14. The second-order valence-corrected chi connectivity index (χ2v) is 14.6. The molecule has 1 unspecified atom stereocenters. The summed E-state index contributed by atoms with van der Waals surface area (Å²) in [7, 11) is 0. The first kappa shape index (κ1) is 49.9. The highest BCUT2D eigenvalue weighted by molar-refractivity contribution is 5.70. The van der Waals surface area contributed by atoms with Crippen molar-refractivity contribution >= 4 is 11.9 Å². The van der Waals surface area contributed by atoms with Gasteiger partial charge < -0.3 is 14.2 Å². The van der Waals surface area contributed by atoms with Crippen molar-refractivity contribution in [2.75, 3.05) is 19.8 Å². The Balaban J connectivity index is 4.17. The molecule has 0 aliphatic heterocycles. The largest absolute Gasteiger partial charge is 0.462 e. The normalized spacial score (nSPS) is 12.6. The summed E-state index contributed by atoms with van der Waals surface area (Å²) in [6.45, 7) is 7.65. The van der Waals surface area contributed by atoms with Crippen molar-refractivity contribution in [3.8, 4) is 0 Å². The Labute approximate surface area is 322 Å². The molecule has 0 N–H and O–H groups in total. The van der Waals surface area contributed by atoms with Crippen molar-refractivity contribution < 1.29 is 23.8 Å². The molecule has 52 heavy (non-hydrogen) atoms. The van der Waals surface area contributed by atoms with Crippen molar-refractivity contribution in [1.29, 1.82) is 0 Å². The summed E-state index contributed by atoms with van der Waals surface area (Å²) in [5.41, 5.74) is 0. The molecule has 302 valence electrons. The van der Waals surface area contributed by atoms with Gasteiger partial charge in [0.2, 0.25) is 0 Å². The van der Waals surface area contributed by atoms with Gasteiger partial charge >= 0.3 is 11.9 Å². The van der Waals surface area contributed by atoms with Gasteiger partial charge in [0.1, 0.15) is 6.61 Å². The van der Waals surface area contributed by atoms with Crippen LogP contribution < -0.4 is 0 Å². The minimum Gasteiger partial charge on any atom is -0.462 e. The lowest BCUT2D eigenvalue weighted by molar-refractivity contribution is -0.163. The van der Waals surface area contributed by atoms with Crippen LogP contribution in [-0.2, 0) is 23.8 Å². The third-order valence-corrected chi connectivity index (χ3v) is 9.35. The summed E-state index contributed by atoms with van der Waals surface area (Å²) in [5.74, 6) is -0.427. The Kier molecular flexibility index (Phi) is 41.5. The lowest BCUT2D eigenvalue weighted by Gasteiger charge is -2.18. The van der Waals surface area contributed by atoms with E-state index in [2.05, 4.69) is 69.4 Å². The minimum absolute atomic E-state index is 0.0738. The molecule has 5 heteroatoms. The van der Waals surface area contributed by atoms with E-state index in [0.29, 0.717) is 19.4 Å². The zero-order chi connectivity index (χ0) is 37.8. The number of hydrogen-bond acceptors (Lipinski definition) is 5. The van der Waals surface area contributed by atoms with Gasteiger partial charge in [-0.25, -0.2) is 0 Å². The molecule has 0 aliphatic carbocycles. The molecule has 0 spiro atoms. The molecule has 0 bridgehead atoms. The Morgan fingerprint density at radius 2 is 0.865 bits per heavy atom. The van der Waals surface area contributed by atoms with Crippen molar-refractivity contribution in [2.24, 2.45) is 0 Å². The number of esters is 2. The predicted octanol–water partition coefficient (Wildman–Crippen LogP) is 14.4. The number of hydrogen-bond donors (Lipinski definition) is 0. The van der Waals surface area contributed by atoms with Crippen LogP contribution in [-0.4, -0.2) is 37.9 Å². The molecule has 0 aromatic carbocycles. The maximum Gasteiger partial charge on any atom is 0.306 e. The van der Waals surface area contributed by atoms with Gasteiger partial charge in [-0.05, 0) is 77.0 Å². The van der Waals surface area contributed by atoms with Crippen molar-refractivity contribution in [3.05, 3.63) is 48.6 Å². The van der Waals surface area contributed by atoms with Crippen LogP contribution in [0.25, 0.3) is 0 Å². The van der Waals surface area contributed by atoms with E-state index in [4.69, 9.17) is 14.2 Å². The highest BCUT2D eigenvalue weighted by atomic mass is 16.6. The monoisotopic (exact) mass is 729 g/mol. The average Bonchev–Trinajstić information content (AvgIpc) is 3.14. The van der Waals surface area contributed by atoms with E-state index in [1.165, 1.54) is 96.3 Å². The van der Waals surface area contributed by atoms with Gasteiger partial charge in [0.15, 0.2) is 6.10 Å². The van der Waals surface area contributed by atoms with Gasteiger partial charge in [-0.15, -0.1) is 0 Å². The number of allylic oxidation sites excluding steroid dienone is 8. The molecule has 0 aromatic rings. The standard InChI is InChI=1S/C47H84O5/c1-4-7-10-13-16-18-20-22-24-26-28-30-32-34-37-40-46(48)51-44-45(43-50-42-39-36-15-12-9-6-3)52-47(49)41-38-35-33-31-29-27-25-23-21-19-17-14-11-8-5-2/h7,10,16,18,22-25,45H,4-6,8-9,11-15,17,19-21,26-44H2,1-3H3/b10-7-,18-16-,24-22-,25-23-. The number of ether oxygens (including phenoxy) is 3. The van der Waals surface area contributed by atoms with Gasteiger partial charge in [-0.3, -0.25) is 9.59 Å². The summed E-state index contributed by atoms with van der Waals surface area (Å²) in [6.07, 6.45) is 51.1. The van der Waals surface area contributed by atoms with Crippen LogP contribution in [0.3, 0.4) is 0 Å². The van der Waals surface area contributed by atoms with Crippen LogP contribution in [0.1, 0.15) is 213 Å². The van der Waals surface area contributed by atoms with Crippen LogP contribution in [0.4, 0.5) is 0 Å². The first-order valence-electron chi connectivity index (χ1n) is 22.2. The molecule has 0 saturated carbocycles. The van der Waals surface area contributed by atoms with Gasteiger partial charge in [0.25, 0.3) is 0 Å². The highest BCUT2D eigenvalue weighted by Gasteiger charge is 2.17. The Morgan fingerprint density at radius 1 is 0.442 bits per heavy atom. The molecule has 1 atom stereocenters. The van der Waals surface area contributed by atoms with Crippen molar-refractivity contribution in [3.63, 3.8) is 0 Å². The van der Waals surface area contributed by atoms with Gasteiger partial charge in [0, 0.05) is 19.4 Å². The molecule has 0 heterocycles. The molecule has 0 rings (SSSR count). The summed E-state index contributed by atoms with van der Waals surface area (Å²) < 4.78 is 17.2. The molecule has 0 aromatic heterocycles. The smallest absolute Gasteiger partial charge is 0.306 e. The SMILES string of the molecule is CC/C=C\C/C=C\C/C=C\CCCCCCCC(=O)OCC(COCCCCCCCC)OC(=O)CCCCCCC/C=C\CCCCCCCC. The molecular weight excluding hydrogens is 645 g/mol. The van der Waals surface area contributed by atoms with E-state index in [9.17, 15) is 9.59 Å². The molecule has 0 fully saturated rings. The Bertz CT molecular complexity index is 873. The van der Waals surface area contributed by atoms with E-state index in [-0.39, 0.29) is 25.2 Å². The first-order chi connectivity index (χ1) is 25.6. The zero-order valence-corrected chi connectivity index (χ0v) is 34.6. The number of rotatable bonds is 40. The van der Waals surface area contributed by atoms with Crippen LogP contribution in [0.15, 0.2) is 48.6 Å². The number of carbonyl (C=O) groups excluding carboxylic acids is 2. The molecule has 0 amide bonds. The molecule has 0 aliphatic rings. The fourth-order valence-electron chi connectivity index (χ4n) is 6.05. The minimum atomic E-state index is -0.541. The van der Waals surface area contributed by atoms with Gasteiger partial charge in [-0.1, -0.05) is 172 Å². The van der Waals surface area contributed by atoms with E-state index in [0.717, 1.165) is 83.5 Å². The summed E-state index contributed by atoms with van der Waals surface area (Å²) in [4.78, 5) is 25.1. The third kappa shape index (κ3) is 40.6. The fourth-order valence-corrected chi connectivity index (χ4v) is 6.05. The zero-order valence-electron chi connectivity index (χ0n) is 34.6. The first-order valence-corrected chi connectivity index (χ1v) is 22.2. The van der Waals surface area contributed by atoms with Crippen LogP contribution in [0, 0.1) is 0 Å². The number of carbonyl (C=O) groups is 2. The van der Waals surface area contributed by atoms with Crippen molar-refractivity contribution in [1.82, 2.24) is 0 Å². The van der Waals surface area contributed by atoms with Crippen LogP contribution in [0.5, 0.6) is 0 Å². The highest BCUT2D eigenvalue weighted by Crippen LogP contribution is 2.13. The molecule has 0 radical (unpaired) electrons. The van der Waals surface area contributed by atoms with Crippen LogP contribution >= 0.6 is 0 Å². The second kappa shape index (κ2) is 43.3. The second-order valence-electron chi connectivity index (χ2n) is 14.6. The van der Waals surface area contributed by atoms with Gasteiger partial charge in [0.05, 0.1) is 6.61 Å². The molecule has 0 saturated heterocycles. The summed E-state index contributed by atoms with van der Waals surface area (Å²) in [6, 6.07) is 0. The maximum absolute atomic E-state index is 12.7. The molecule has 5 nitrogen and oxygen atoms in total. The maximum atomic E-state index is 12.7. The van der Waals surface area contributed by atoms with E-state index >= 15 is 0 Å². The topological polar surface area (TPSA) is 61.8 Å². The van der Waals surface area contributed by atoms with E-state index in [1.807, 2.05) is 0 Å². The molecular formula is C47H84O5. The number of unbranched alkanes of at least 4 members (excludes halogenated alkanes) is 21. The predicted molar refractivity (Wildman–Crippen MR) is 224 cm³/mol. The van der Waals surface area contributed by atoms with E-state index < -0.39 is 6.10 Å². The summed E-state index contributed by atoms with van der Waals surface area (Å²) >= 11 is 0. The Morgan fingerprint density at radius 3 is 1.40 bits per heavy atom. The van der Waals surface area contributed by atoms with E-state index in [1.54, 1.807) is 0 Å². The third-order valence-electron chi connectivity index (χ3n) is 9.35. The summed E-state index contributed by atoms with van der Waals surface area (Å²) in [5, 5.41) is 0. The average molecular weight is 729 g/mol. The van der Waals surface area contributed by atoms with Crippen molar-refractivity contribution in [2.45, 2.75) is 219 Å². The van der Waals surface area contributed by atoms with Crippen LogP contribution in [0.2, 0.25) is 0 Å². The lowest BCUT2D eigenvalue weighted by Crippen LogP contribution is -2.30. The van der Waals surface area contributed by atoms with Gasteiger partial charge in [-0.2, -0.15) is 0 Å². The lowest BCUT2D eigenvalue weighted by atomic mass is 10.1. The quantitative estimate of drug-likeness (QED) is 0.0357.